The third-order valence-electron chi connectivity index (χ3n) is 4.45. The van der Waals surface area contributed by atoms with Crippen LogP contribution in [-0.4, -0.2) is 30.3 Å². The molecule has 3 rings (SSSR count). The molecule has 2 aromatic carbocycles. The number of nitriles is 2. The fourth-order valence-electron chi connectivity index (χ4n) is 3.04. The number of rotatable bonds is 6. The van der Waals surface area contributed by atoms with Crippen molar-refractivity contribution in [2.45, 2.75) is 6.54 Å². The number of carbonyl (C=O) groups excluding carboxylic acids is 1. The van der Waals surface area contributed by atoms with Crippen LogP contribution in [0.2, 0.25) is 0 Å². The average molecular weight is 405 g/mol. The maximum atomic E-state index is 13.5. The summed E-state index contributed by atoms with van der Waals surface area (Å²) < 4.78 is 23.9. The van der Waals surface area contributed by atoms with Crippen molar-refractivity contribution in [3.63, 3.8) is 0 Å². The summed E-state index contributed by atoms with van der Waals surface area (Å²) in [7, 11) is 2.77. The molecule has 0 saturated carbocycles. The van der Waals surface area contributed by atoms with Crippen LogP contribution in [0.15, 0.2) is 42.1 Å². The number of hydrogen-bond donors (Lipinski definition) is 2. The second-order valence-corrected chi connectivity index (χ2v) is 6.09. The van der Waals surface area contributed by atoms with E-state index in [2.05, 4.69) is 15.5 Å². The molecule has 0 aliphatic heterocycles. The van der Waals surface area contributed by atoms with Crippen LogP contribution < -0.4 is 10.1 Å². The fourth-order valence-corrected chi connectivity index (χ4v) is 3.04. The summed E-state index contributed by atoms with van der Waals surface area (Å²) >= 11 is 0. The summed E-state index contributed by atoms with van der Waals surface area (Å²) in [6.07, 6.45) is 1.54. The molecule has 30 heavy (non-hydrogen) atoms. The number of ether oxygens (including phenoxy) is 2. The first-order valence-corrected chi connectivity index (χ1v) is 8.69. The van der Waals surface area contributed by atoms with Gasteiger partial charge in [0.2, 0.25) is 0 Å². The van der Waals surface area contributed by atoms with Gasteiger partial charge >= 0.3 is 0 Å². The molecule has 2 N–H and O–H groups in total. The van der Waals surface area contributed by atoms with E-state index in [1.807, 2.05) is 12.1 Å². The van der Waals surface area contributed by atoms with Crippen LogP contribution in [0.3, 0.4) is 0 Å². The van der Waals surface area contributed by atoms with Gasteiger partial charge in [-0.05, 0) is 23.8 Å². The van der Waals surface area contributed by atoms with E-state index in [1.54, 1.807) is 12.1 Å². The summed E-state index contributed by atoms with van der Waals surface area (Å²) in [4.78, 5) is 12.5. The van der Waals surface area contributed by atoms with Gasteiger partial charge in [0.25, 0.3) is 5.91 Å². The lowest BCUT2D eigenvalue weighted by molar-refractivity contribution is 0.0947. The smallest absolute Gasteiger partial charge is 0.255 e. The van der Waals surface area contributed by atoms with Gasteiger partial charge in [0, 0.05) is 17.5 Å². The number of aromatic amines is 1. The predicted molar refractivity (Wildman–Crippen MR) is 105 cm³/mol. The number of aromatic nitrogens is 2. The Morgan fingerprint density at radius 3 is 2.63 bits per heavy atom. The van der Waals surface area contributed by atoms with E-state index in [4.69, 9.17) is 20.0 Å². The van der Waals surface area contributed by atoms with Crippen molar-refractivity contribution in [1.29, 1.82) is 10.5 Å². The predicted octanol–water partition coefficient (Wildman–Crippen LogP) is 3.05. The first-order valence-electron chi connectivity index (χ1n) is 8.69. The van der Waals surface area contributed by atoms with E-state index in [0.29, 0.717) is 22.0 Å². The number of methoxy groups -OCH3 is 2. The van der Waals surface area contributed by atoms with Crippen molar-refractivity contribution in [3.05, 3.63) is 64.6 Å². The second-order valence-electron chi connectivity index (χ2n) is 6.09. The van der Waals surface area contributed by atoms with Gasteiger partial charge in [0.15, 0.2) is 11.3 Å². The molecule has 8 nitrogen and oxygen atoms in total. The molecule has 9 heteroatoms. The van der Waals surface area contributed by atoms with Crippen LogP contribution >= 0.6 is 0 Å². The van der Waals surface area contributed by atoms with Gasteiger partial charge in [-0.25, -0.2) is 4.39 Å². The number of allylic oxidation sites excluding steroid dienone is 1. The number of H-pyrrole nitrogens is 1. The van der Waals surface area contributed by atoms with E-state index < -0.39 is 11.7 Å². The molecule has 1 heterocycles. The quantitative estimate of drug-likeness (QED) is 0.480. The molecule has 0 aliphatic rings. The number of carbonyl (C=O) groups is 1. The van der Waals surface area contributed by atoms with Gasteiger partial charge in [-0.15, -0.1) is 0 Å². The van der Waals surface area contributed by atoms with Crippen LogP contribution in [0.1, 0.15) is 21.5 Å². The number of halogens is 1. The molecule has 1 amide bonds. The largest absolute Gasteiger partial charge is 0.496 e. The minimum atomic E-state index is -0.550. The summed E-state index contributed by atoms with van der Waals surface area (Å²) in [5.41, 5.74) is 1.72. The van der Waals surface area contributed by atoms with Crippen LogP contribution in [0.5, 0.6) is 5.75 Å². The maximum absolute atomic E-state index is 13.5. The summed E-state index contributed by atoms with van der Waals surface area (Å²) in [6, 6.07) is 10.7. The molecule has 0 spiro atoms. The molecule has 0 radical (unpaired) electrons. The lowest BCUT2D eigenvalue weighted by atomic mass is 10.0. The highest BCUT2D eigenvalue weighted by atomic mass is 19.1. The fraction of sp³-hybridized carbons (Fsp3) is 0.143. The summed E-state index contributed by atoms with van der Waals surface area (Å²) in [6.45, 7) is 0.118. The molecular formula is C21H16FN5O3. The minimum Gasteiger partial charge on any atom is -0.496 e. The Kier molecular flexibility index (Phi) is 5.94. The van der Waals surface area contributed by atoms with Crippen LogP contribution in [0.25, 0.3) is 16.7 Å². The van der Waals surface area contributed by atoms with Crippen molar-refractivity contribution in [3.8, 4) is 17.9 Å². The Bertz CT molecular complexity index is 1220. The van der Waals surface area contributed by atoms with Gasteiger partial charge in [0.1, 0.15) is 23.7 Å². The van der Waals surface area contributed by atoms with Gasteiger partial charge in [0.05, 0.1) is 31.5 Å². The topological polar surface area (TPSA) is 124 Å². The minimum absolute atomic E-state index is 0.0762. The van der Waals surface area contributed by atoms with Crippen molar-refractivity contribution in [2.75, 3.05) is 14.2 Å². The van der Waals surface area contributed by atoms with Gasteiger partial charge in [-0.1, -0.05) is 12.1 Å². The lowest BCUT2D eigenvalue weighted by Gasteiger charge is -2.12. The van der Waals surface area contributed by atoms with Gasteiger partial charge in [-0.2, -0.15) is 15.6 Å². The molecule has 0 saturated heterocycles. The summed E-state index contributed by atoms with van der Waals surface area (Å²) in [5, 5.41) is 28.5. The van der Waals surface area contributed by atoms with Crippen LogP contribution in [-0.2, 0) is 11.3 Å². The number of fused-ring (bicyclic) bond motifs is 1. The standard InChI is InChI=1S/C21H16FN5O3/c1-29-18-6-4-14(22)7-16(18)21(28)25-10-12-3-5-15(17-11-26-27-19(12)17)20(30-2)13(8-23)9-24/h3-7,11H,10H2,1-2H3,(H,25,28)(H,26,27). The summed E-state index contributed by atoms with van der Waals surface area (Å²) in [5.74, 6) is -0.666. The SMILES string of the molecule is COC(=C(C#N)C#N)c1ccc(CNC(=O)c2cc(F)ccc2OC)c2[nH]ncc12. The molecule has 0 aliphatic carbocycles. The Hall–Kier alpha value is -4.37. The molecule has 3 aromatic rings. The van der Waals surface area contributed by atoms with E-state index in [9.17, 15) is 9.18 Å². The van der Waals surface area contributed by atoms with Crippen molar-refractivity contribution < 1.29 is 18.7 Å². The highest BCUT2D eigenvalue weighted by Gasteiger charge is 2.18. The van der Waals surface area contributed by atoms with E-state index in [-0.39, 0.29) is 29.2 Å². The first-order chi connectivity index (χ1) is 14.5. The molecule has 0 fully saturated rings. The monoisotopic (exact) mass is 405 g/mol. The number of amides is 1. The number of benzene rings is 2. The number of hydrogen-bond acceptors (Lipinski definition) is 6. The Balaban J connectivity index is 1.93. The van der Waals surface area contributed by atoms with E-state index >= 15 is 0 Å². The van der Waals surface area contributed by atoms with Gasteiger partial charge < -0.3 is 14.8 Å². The zero-order valence-electron chi connectivity index (χ0n) is 16.1. The van der Waals surface area contributed by atoms with E-state index in [0.717, 1.165) is 6.07 Å². The third-order valence-corrected chi connectivity index (χ3v) is 4.45. The highest BCUT2D eigenvalue weighted by molar-refractivity contribution is 5.97. The Labute approximate surface area is 171 Å². The molecular weight excluding hydrogens is 389 g/mol. The van der Waals surface area contributed by atoms with Crippen LogP contribution in [0, 0.1) is 28.5 Å². The number of nitrogens with one attached hydrogen (secondary N) is 2. The molecule has 0 bridgehead atoms. The average Bonchev–Trinajstić information content (AvgIpc) is 3.26. The van der Waals surface area contributed by atoms with E-state index in [1.165, 1.54) is 32.5 Å². The zero-order chi connectivity index (χ0) is 21.7. The normalized spacial score (nSPS) is 10.0. The lowest BCUT2D eigenvalue weighted by Crippen LogP contribution is -2.23. The molecule has 0 unspecified atom stereocenters. The van der Waals surface area contributed by atoms with Crippen molar-refractivity contribution >= 4 is 22.6 Å². The maximum Gasteiger partial charge on any atom is 0.255 e. The number of nitrogens with zero attached hydrogens (tertiary/aromatic N) is 3. The zero-order valence-corrected chi connectivity index (χ0v) is 16.1. The first kappa shape index (κ1) is 20.4. The molecule has 0 atom stereocenters. The van der Waals surface area contributed by atoms with Crippen LogP contribution in [0.4, 0.5) is 4.39 Å². The molecule has 1 aromatic heterocycles. The van der Waals surface area contributed by atoms with Crippen molar-refractivity contribution in [1.82, 2.24) is 15.5 Å². The second kappa shape index (κ2) is 8.76. The Morgan fingerprint density at radius 2 is 1.97 bits per heavy atom. The van der Waals surface area contributed by atoms with Gasteiger partial charge in [-0.3, -0.25) is 9.89 Å². The Morgan fingerprint density at radius 1 is 1.20 bits per heavy atom. The van der Waals surface area contributed by atoms with Crippen molar-refractivity contribution in [2.24, 2.45) is 0 Å². The molecule has 150 valence electrons. The third kappa shape index (κ3) is 3.77. The highest BCUT2D eigenvalue weighted by Crippen LogP contribution is 2.29.